The van der Waals surface area contributed by atoms with Crippen LogP contribution in [-0.4, -0.2) is 43.8 Å². The lowest BCUT2D eigenvalue weighted by Gasteiger charge is -2.28. The summed E-state index contributed by atoms with van der Waals surface area (Å²) in [5, 5.41) is 17.7. The number of halogens is 1. The van der Waals surface area contributed by atoms with Gasteiger partial charge in [0.15, 0.2) is 29.0 Å². The molecule has 41 heavy (non-hydrogen) atoms. The summed E-state index contributed by atoms with van der Waals surface area (Å²) >= 11 is 0. The molecule has 0 unspecified atom stereocenters. The van der Waals surface area contributed by atoms with Crippen LogP contribution in [-0.2, 0) is 16.0 Å². The van der Waals surface area contributed by atoms with Crippen molar-refractivity contribution in [2.75, 3.05) is 11.9 Å². The van der Waals surface area contributed by atoms with Gasteiger partial charge in [0.05, 0.1) is 17.9 Å². The van der Waals surface area contributed by atoms with Gasteiger partial charge in [-0.05, 0) is 78.1 Å². The highest BCUT2D eigenvalue weighted by Crippen LogP contribution is 2.41. The third-order valence-corrected chi connectivity index (χ3v) is 7.02. The van der Waals surface area contributed by atoms with Crippen molar-refractivity contribution >= 4 is 23.2 Å². The number of hydrogen-bond acceptors (Lipinski definition) is 6. The van der Waals surface area contributed by atoms with Crippen LogP contribution >= 0.6 is 0 Å². The summed E-state index contributed by atoms with van der Waals surface area (Å²) in [4.78, 5) is 30.5. The predicted molar refractivity (Wildman–Crippen MR) is 152 cm³/mol. The zero-order chi connectivity index (χ0) is 29.6. The van der Waals surface area contributed by atoms with E-state index in [1.807, 2.05) is 26.0 Å². The average molecular weight is 561 g/mol. The summed E-state index contributed by atoms with van der Waals surface area (Å²) < 4.78 is 28.6. The molecule has 214 valence electrons. The molecule has 2 aromatic carbocycles. The first-order valence-electron chi connectivity index (χ1n) is 13.5. The van der Waals surface area contributed by atoms with Crippen LogP contribution in [0.25, 0.3) is 16.9 Å². The van der Waals surface area contributed by atoms with Crippen molar-refractivity contribution < 1.29 is 28.6 Å². The van der Waals surface area contributed by atoms with Gasteiger partial charge in [0.25, 0.3) is 5.91 Å². The first-order valence-corrected chi connectivity index (χ1v) is 13.5. The van der Waals surface area contributed by atoms with Gasteiger partial charge in [0.2, 0.25) is 0 Å². The van der Waals surface area contributed by atoms with Gasteiger partial charge in [0.1, 0.15) is 0 Å². The van der Waals surface area contributed by atoms with Gasteiger partial charge in [-0.25, -0.2) is 18.7 Å². The van der Waals surface area contributed by atoms with E-state index in [0.717, 1.165) is 17.5 Å². The molecule has 5 rings (SSSR count). The Bertz CT molecular complexity index is 1670. The number of anilines is 1. The zero-order valence-corrected chi connectivity index (χ0v) is 24.0. The summed E-state index contributed by atoms with van der Waals surface area (Å²) in [7, 11) is 0. The van der Waals surface area contributed by atoms with E-state index >= 15 is 4.39 Å². The SMILES string of the molecule is Cc1ccc(NC(=O)c2cc3nc(C)c([C@H](OC(C)(C)C)C(=O)O)c(-c4cc(F)c5c(c4C)CCCO5)n3n2)cc1. The number of aromatic nitrogens is 3. The van der Waals surface area contributed by atoms with Crippen molar-refractivity contribution in [2.24, 2.45) is 0 Å². The van der Waals surface area contributed by atoms with Crippen molar-refractivity contribution in [3.63, 3.8) is 0 Å². The Morgan fingerprint density at radius 2 is 1.85 bits per heavy atom. The number of rotatable bonds is 6. The molecular formula is C31H33FN4O5. The smallest absolute Gasteiger partial charge is 0.337 e. The standard InChI is InChI=1S/C31H33FN4O5/c1-16-9-11-19(12-10-16)34-29(37)23-15-24-33-18(3)25(28(30(38)39)41-31(4,5)6)26(36(24)35-23)21-14-22(32)27-20(17(21)2)8-7-13-40-27/h9-12,14-15,28H,7-8,13H2,1-6H3,(H,34,37)(H,38,39)/t28-/m0/s1. The number of aliphatic carboxylic acids is 1. The minimum atomic E-state index is -1.44. The number of carbonyl (C=O) groups is 2. The Balaban J connectivity index is 1.76. The second-order valence-corrected chi connectivity index (χ2v) is 11.3. The van der Waals surface area contributed by atoms with Crippen molar-refractivity contribution in [1.29, 1.82) is 0 Å². The maximum Gasteiger partial charge on any atom is 0.337 e. The van der Waals surface area contributed by atoms with Gasteiger partial charge in [-0.2, -0.15) is 5.10 Å². The van der Waals surface area contributed by atoms with E-state index in [-0.39, 0.29) is 17.0 Å². The van der Waals surface area contributed by atoms with E-state index in [9.17, 15) is 14.7 Å². The molecule has 2 N–H and O–H groups in total. The van der Waals surface area contributed by atoms with Crippen LogP contribution in [0.1, 0.15) is 71.7 Å². The molecule has 2 aromatic heterocycles. The van der Waals surface area contributed by atoms with Crippen molar-refractivity contribution in [2.45, 2.75) is 66.1 Å². The molecule has 4 aromatic rings. The summed E-state index contributed by atoms with van der Waals surface area (Å²) in [5.74, 6) is -2.04. The lowest BCUT2D eigenvalue weighted by Crippen LogP contribution is -2.29. The topological polar surface area (TPSA) is 115 Å². The Labute approximate surface area is 237 Å². The van der Waals surface area contributed by atoms with Gasteiger partial charge < -0.3 is 19.9 Å². The summed E-state index contributed by atoms with van der Waals surface area (Å²) in [5.41, 5.74) is 3.96. The monoisotopic (exact) mass is 560 g/mol. The number of carboxylic acids is 1. The Morgan fingerprint density at radius 1 is 1.15 bits per heavy atom. The maximum absolute atomic E-state index is 15.5. The molecule has 0 saturated heterocycles. The average Bonchev–Trinajstić information content (AvgIpc) is 3.33. The Hall–Kier alpha value is -4.31. The fourth-order valence-corrected chi connectivity index (χ4v) is 5.14. The molecule has 0 saturated carbocycles. The fourth-order valence-electron chi connectivity index (χ4n) is 5.14. The number of ether oxygens (including phenoxy) is 2. The predicted octanol–water partition coefficient (Wildman–Crippen LogP) is 5.98. The maximum atomic E-state index is 15.5. The van der Waals surface area contributed by atoms with Crippen molar-refractivity contribution in [3.05, 3.63) is 75.9 Å². The molecule has 1 aliphatic heterocycles. The number of carbonyl (C=O) groups excluding carboxylic acids is 1. The van der Waals surface area contributed by atoms with Crippen LogP contribution in [0.2, 0.25) is 0 Å². The number of aryl methyl sites for hydroxylation is 2. The van der Waals surface area contributed by atoms with Crippen LogP contribution in [0.3, 0.4) is 0 Å². The van der Waals surface area contributed by atoms with Gasteiger partial charge in [0, 0.05) is 34.1 Å². The van der Waals surface area contributed by atoms with E-state index in [1.165, 1.54) is 16.6 Å². The molecule has 10 heteroatoms. The van der Waals surface area contributed by atoms with Crippen molar-refractivity contribution in [1.82, 2.24) is 14.6 Å². The molecular weight excluding hydrogens is 527 g/mol. The second-order valence-electron chi connectivity index (χ2n) is 11.3. The zero-order valence-electron chi connectivity index (χ0n) is 24.0. The number of benzene rings is 2. The largest absolute Gasteiger partial charge is 0.490 e. The lowest BCUT2D eigenvalue weighted by molar-refractivity contribution is -0.160. The van der Waals surface area contributed by atoms with Crippen LogP contribution in [0.15, 0.2) is 36.4 Å². The highest BCUT2D eigenvalue weighted by Gasteiger charge is 2.35. The highest BCUT2D eigenvalue weighted by atomic mass is 19.1. The molecule has 0 aliphatic carbocycles. The third-order valence-electron chi connectivity index (χ3n) is 7.02. The van der Waals surface area contributed by atoms with E-state index in [1.54, 1.807) is 39.8 Å². The van der Waals surface area contributed by atoms with Gasteiger partial charge >= 0.3 is 5.97 Å². The van der Waals surface area contributed by atoms with E-state index < -0.39 is 29.4 Å². The Morgan fingerprint density at radius 3 is 2.51 bits per heavy atom. The molecule has 0 radical (unpaired) electrons. The first kappa shape index (κ1) is 28.2. The number of nitrogens with zero attached hydrogens (tertiary/aromatic N) is 3. The van der Waals surface area contributed by atoms with Crippen LogP contribution < -0.4 is 10.1 Å². The van der Waals surface area contributed by atoms with Crippen LogP contribution in [0, 0.1) is 26.6 Å². The summed E-state index contributed by atoms with van der Waals surface area (Å²) in [6, 6.07) is 10.2. The number of hydrogen-bond donors (Lipinski definition) is 2. The highest BCUT2D eigenvalue weighted by molar-refractivity contribution is 6.03. The van der Waals surface area contributed by atoms with Crippen LogP contribution in [0.4, 0.5) is 10.1 Å². The first-order chi connectivity index (χ1) is 19.3. The summed E-state index contributed by atoms with van der Waals surface area (Å²) in [6.45, 7) is 11.2. The number of nitrogens with one attached hydrogen (secondary N) is 1. The summed E-state index contributed by atoms with van der Waals surface area (Å²) in [6.07, 6.45) is -0.103. The van der Waals surface area contributed by atoms with Gasteiger partial charge in [-0.3, -0.25) is 4.79 Å². The van der Waals surface area contributed by atoms with Crippen LogP contribution in [0.5, 0.6) is 5.75 Å². The third kappa shape index (κ3) is 5.52. The molecule has 3 heterocycles. The molecule has 0 fully saturated rings. The Kier molecular flexibility index (Phi) is 7.29. The minimum absolute atomic E-state index is 0.0684. The van der Waals surface area contributed by atoms with E-state index in [2.05, 4.69) is 15.4 Å². The molecule has 9 nitrogen and oxygen atoms in total. The molecule has 0 spiro atoms. The lowest BCUT2D eigenvalue weighted by atomic mass is 9.91. The molecule has 1 aliphatic rings. The van der Waals surface area contributed by atoms with Crippen molar-refractivity contribution in [3.8, 4) is 17.0 Å². The van der Waals surface area contributed by atoms with E-state index in [0.29, 0.717) is 46.9 Å². The molecule has 1 atom stereocenters. The second kappa shape index (κ2) is 10.6. The molecule has 0 bridgehead atoms. The van der Waals surface area contributed by atoms with Gasteiger partial charge in [-0.15, -0.1) is 0 Å². The number of fused-ring (bicyclic) bond motifs is 2. The quantitative estimate of drug-likeness (QED) is 0.298. The number of amides is 1. The normalized spacial score (nSPS) is 13.9. The fraction of sp³-hybridized carbons (Fsp3) is 0.355. The van der Waals surface area contributed by atoms with E-state index in [4.69, 9.17) is 9.47 Å². The number of carboxylic acid groups (broad SMARTS) is 1. The van der Waals surface area contributed by atoms with Gasteiger partial charge in [-0.1, -0.05) is 17.7 Å². The molecule has 1 amide bonds. The minimum Gasteiger partial charge on any atom is -0.490 e.